The summed E-state index contributed by atoms with van der Waals surface area (Å²) in [5.74, 6) is -0.0919. The Hall–Kier alpha value is -1.18. The van der Waals surface area contributed by atoms with Crippen LogP contribution in [0, 0.1) is 0 Å². The number of hydrogen-bond acceptors (Lipinski definition) is 6. The van der Waals surface area contributed by atoms with Gasteiger partial charge in [0.15, 0.2) is 5.60 Å². The number of ether oxygens (including phenoxy) is 1. The van der Waals surface area contributed by atoms with Crippen molar-refractivity contribution in [1.82, 2.24) is 15.5 Å². The lowest BCUT2D eigenvalue weighted by Gasteiger charge is -2.30. The molecule has 0 aliphatic carbocycles. The van der Waals surface area contributed by atoms with Gasteiger partial charge in [0, 0.05) is 39.1 Å². The summed E-state index contributed by atoms with van der Waals surface area (Å²) in [5, 5.41) is 10.3. The van der Waals surface area contributed by atoms with Crippen LogP contribution in [-0.2, 0) is 14.4 Å². The van der Waals surface area contributed by atoms with Gasteiger partial charge in [-0.2, -0.15) is 0 Å². The number of oxime groups is 1. The van der Waals surface area contributed by atoms with Crippen LogP contribution < -0.4 is 10.6 Å². The largest absolute Gasteiger partial charge is 0.387 e. The Morgan fingerprint density at radius 1 is 1.43 bits per heavy atom. The molecule has 2 saturated heterocycles. The molecule has 3 aliphatic heterocycles. The predicted molar refractivity (Wildman–Crippen MR) is 78.2 cm³/mol. The van der Waals surface area contributed by atoms with Gasteiger partial charge < -0.3 is 20.2 Å². The van der Waals surface area contributed by atoms with Gasteiger partial charge in [-0.15, -0.1) is 0 Å². The molecule has 1 atom stereocenters. The molecule has 3 heterocycles. The number of rotatable bonds is 4. The summed E-state index contributed by atoms with van der Waals surface area (Å²) in [5.41, 5.74) is 0.246. The molecule has 1 amide bonds. The number of morpholine rings is 1. The first-order valence-electron chi connectivity index (χ1n) is 7.82. The van der Waals surface area contributed by atoms with Gasteiger partial charge in [-0.3, -0.25) is 9.69 Å². The molecule has 0 aromatic heterocycles. The van der Waals surface area contributed by atoms with E-state index in [4.69, 9.17) is 9.57 Å². The first-order chi connectivity index (χ1) is 10.3. The van der Waals surface area contributed by atoms with Crippen molar-refractivity contribution >= 4 is 11.6 Å². The molecule has 7 nitrogen and oxygen atoms in total. The van der Waals surface area contributed by atoms with Crippen molar-refractivity contribution in [2.75, 3.05) is 52.5 Å². The molecule has 0 aromatic rings. The molecule has 3 rings (SSSR count). The maximum Gasteiger partial charge on any atom is 0.269 e. The first-order valence-corrected chi connectivity index (χ1v) is 7.82. The lowest BCUT2D eigenvalue weighted by molar-refractivity contribution is -0.115. The molecule has 7 heteroatoms. The van der Waals surface area contributed by atoms with Crippen molar-refractivity contribution in [3.05, 3.63) is 0 Å². The van der Waals surface area contributed by atoms with E-state index in [0.717, 1.165) is 58.8 Å². The van der Waals surface area contributed by atoms with Crippen LogP contribution in [0.5, 0.6) is 0 Å². The monoisotopic (exact) mass is 296 g/mol. The summed E-state index contributed by atoms with van der Waals surface area (Å²) in [6, 6.07) is 0. The van der Waals surface area contributed by atoms with E-state index in [2.05, 4.69) is 20.7 Å². The van der Waals surface area contributed by atoms with Crippen molar-refractivity contribution in [3.63, 3.8) is 0 Å². The first kappa shape index (κ1) is 14.7. The predicted octanol–water partition coefficient (Wildman–Crippen LogP) is -0.667. The molecular formula is C14H24N4O3. The van der Waals surface area contributed by atoms with Gasteiger partial charge in [0.25, 0.3) is 5.91 Å². The molecule has 1 spiro atoms. The third-order valence-corrected chi connectivity index (χ3v) is 4.35. The fourth-order valence-electron chi connectivity index (χ4n) is 3.07. The van der Waals surface area contributed by atoms with E-state index in [1.54, 1.807) is 0 Å². The Balaban J connectivity index is 1.39. The minimum absolute atomic E-state index is 0.0919. The lowest BCUT2D eigenvalue weighted by Crippen LogP contribution is -2.47. The number of nitrogens with one attached hydrogen (secondary N) is 2. The van der Waals surface area contributed by atoms with Crippen molar-refractivity contribution < 1.29 is 14.4 Å². The number of carbonyl (C=O) groups is 1. The van der Waals surface area contributed by atoms with Crippen molar-refractivity contribution in [1.29, 1.82) is 0 Å². The Kier molecular flexibility index (Phi) is 4.72. The SMILES string of the molecule is O=C(NCCN1CCOCC1)C1=NOC2(CCCNC2)C1. The molecule has 0 saturated carbocycles. The minimum atomic E-state index is -0.283. The average molecular weight is 296 g/mol. The Labute approximate surface area is 125 Å². The van der Waals surface area contributed by atoms with Crippen LogP contribution in [0.25, 0.3) is 0 Å². The lowest BCUT2D eigenvalue weighted by atomic mass is 9.89. The standard InChI is InChI=1S/C14H24N4O3/c19-13(16-4-5-18-6-8-20-9-7-18)12-10-14(21-17-12)2-1-3-15-11-14/h15H,1-11H2,(H,16,19). The summed E-state index contributed by atoms with van der Waals surface area (Å²) in [6.07, 6.45) is 2.65. The van der Waals surface area contributed by atoms with Gasteiger partial charge >= 0.3 is 0 Å². The molecule has 2 fully saturated rings. The number of hydrogen-bond donors (Lipinski definition) is 2. The third-order valence-electron chi connectivity index (χ3n) is 4.35. The highest BCUT2D eigenvalue weighted by atomic mass is 16.7. The van der Waals surface area contributed by atoms with Gasteiger partial charge in [0.05, 0.1) is 13.2 Å². The van der Waals surface area contributed by atoms with Crippen LogP contribution in [0.1, 0.15) is 19.3 Å². The van der Waals surface area contributed by atoms with E-state index in [0.29, 0.717) is 18.7 Å². The molecule has 0 bridgehead atoms. The second-order valence-electron chi connectivity index (χ2n) is 5.98. The summed E-state index contributed by atoms with van der Waals surface area (Å²) in [4.78, 5) is 20.0. The van der Waals surface area contributed by atoms with Crippen LogP contribution in [0.2, 0.25) is 0 Å². The zero-order chi connectivity index (χ0) is 14.5. The second-order valence-corrected chi connectivity index (χ2v) is 5.98. The molecule has 118 valence electrons. The maximum atomic E-state index is 12.1. The molecule has 3 aliphatic rings. The highest BCUT2D eigenvalue weighted by molar-refractivity contribution is 6.39. The highest BCUT2D eigenvalue weighted by Crippen LogP contribution is 2.30. The summed E-state index contributed by atoms with van der Waals surface area (Å²) < 4.78 is 5.30. The van der Waals surface area contributed by atoms with Gasteiger partial charge in [0.2, 0.25) is 0 Å². The summed E-state index contributed by atoms with van der Waals surface area (Å²) >= 11 is 0. The fraction of sp³-hybridized carbons (Fsp3) is 0.857. The fourth-order valence-corrected chi connectivity index (χ4v) is 3.07. The van der Waals surface area contributed by atoms with Crippen LogP contribution in [-0.4, -0.2) is 74.6 Å². The summed E-state index contributed by atoms with van der Waals surface area (Å²) in [6.45, 7) is 6.74. The normalized spacial score (nSPS) is 30.0. The molecule has 1 unspecified atom stereocenters. The van der Waals surface area contributed by atoms with E-state index < -0.39 is 0 Å². The molecule has 2 N–H and O–H groups in total. The van der Waals surface area contributed by atoms with E-state index in [-0.39, 0.29) is 11.5 Å². The van der Waals surface area contributed by atoms with Crippen LogP contribution in [0.4, 0.5) is 0 Å². The highest BCUT2D eigenvalue weighted by Gasteiger charge is 2.42. The summed E-state index contributed by atoms with van der Waals surface area (Å²) in [7, 11) is 0. The molecule has 0 radical (unpaired) electrons. The smallest absolute Gasteiger partial charge is 0.269 e. The van der Waals surface area contributed by atoms with Crippen molar-refractivity contribution in [2.45, 2.75) is 24.9 Å². The van der Waals surface area contributed by atoms with Crippen LogP contribution >= 0.6 is 0 Å². The third kappa shape index (κ3) is 3.72. The van der Waals surface area contributed by atoms with Gasteiger partial charge in [-0.1, -0.05) is 5.16 Å². The molecular weight excluding hydrogens is 272 g/mol. The topological polar surface area (TPSA) is 75.2 Å². The Morgan fingerprint density at radius 2 is 2.29 bits per heavy atom. The van der Waals surface area contributed by atoms with E-state index in [1.165, 1.54) is 0 Å². The zero-order valence-corrected chi connectivity index (χ0v) is 12.4. The molecule has 0 aromatic carbocycles. The Morgan fingerprint density at radius 3 is 3.05 bits per heavy atom. The van der Waals surface area contributed by atoms with E-state index in [9.17, 15) is 4.79 Å². The molecule has 21 heavy (non-hydrogen) atoms. The van der Waals surface area contributed by atoms with Crippen molar-refractivity contribution in [2.24, 2.45) is 5.16 Å². The maximum absolute atomic E-state index is 12.1. The van der Waals surface area contributed by atoms with Crippen LogP contribution in [0.15, 0.2) is 5.16 Å². The van der Waals surface area contributed by atoms with Crippen molar-refractivity contribution in [3.8, 4) is 0 Å². The number of nitrogens with zero attached hydrogens (tertiary/aromatic N) is 2. The van der Waals surface area contributed by atoms with E-state index in [1.807, 2.05) is 0 Å². The van der Waals surface area contributed by atoms with Gasteiger partial charge in [0.1, 0.15) is 5.71 Å². The minimum Gasteiger partial charge on any atom is -0.387 e. The number of amides is 1. The van der Waals surface area contributed by atoms with Crippen LogP contribution in [0.3, 0.4) is 0 Å². The quantitative estimate of drug-likeness (QED) is 0.720. The average Bonchev–Trinajstić information content (AvgIpc) is 2.93. The number of piperidine rings is 1. The zero-order valence-electron chi connectivity index (χ0n) is 12.4. The van der Waals surface area contributed by atoms with Gasteiger partial charge in [-0.25, -0.2) is 0 Å². The number of carbonyl (C=O) groups excluding carboxylic acids is 1. The Bertz CT molecular complexity index is 401. The second kappa shape index (κ2) is 6.72. The van der Waals surface area contributed by atoms with E-state index >= 15 is 0 Å². The van der Waals surface area contributed by atoms with Gasteiger partial charge in [-0.05, 0) is 19.4 Å².